The van der Waals surface area contributed by atoms with Gasteiger partial charge in [-0.15, -0.1) is 0 Å². The summed E-state index contributed by atoms with van der Waals surface area (Å²) in [5.74, 6) is 0.456. The molecule has 2 bridgehead atoms. The number of nitrogens with zero attached hydrogens (tertiary/aromatic N) is 2. The zero-order valence-corrected chi connectivity index (χ0v) is 15.0. The Hall–Kier alpha value is -2.36. The van der Waals surface area contributed by atoms with Crippen molar-refractivity contribution in [3.63, 3.8) is 0 Å². The van der Waals surface area contributed by atoms with Gasteiger partial charge in [0.15, 0.2) is 0 Å². The van der Waals surface area contributed by atoms with Crippen molar-refractivity contribution in [2.24, 2.45) is 5.92 Å². The molecule has 0 N–H and O–H groups in total. The van der Waals surface area contributed by atoms with Gasteiger partial charge in [0.1, 0.15) is 5.82 Å². The molecule has 1 aliphatic heterocycles. The number of benzene rings is 2. The third-order valence-electron chi connectivity index (χ3n) is 6.24. The average Bonchev–Trinajstić information content (AvgIpc) is 3.29. The SMILES string of the molecule is Cc1ccc2c(c1)c1cc(F)ccc1n2CCCN1C(=O)C2CCC1C2. The second-order valence-electron chi connectivity index (χ2n) is 7.88. The van der Waals surface area contributed by atoms with E-state index in [9.17, 15) is 9.18 Å². The number of piperidine rings is 1. The molecule has 2 atom stereocenters. The molecule has 0 spiro atoms. The van der Waals surface area contributed by atoms with Crippen molar-refractivity contribution < 1.29 is 9.18 Å². The highest BCUT2D eigenvalue weighted by molar-refractivity contribution is 6.08. The van der Waals surface area contributed by atoms with E-state index < -0.39 is 0 Å². The summed E-state index contributed by atoms with van der Waals surface area (Å²) in [5.41, 5.74) is 3.39. The number of hydrogen-bond donors (Lipinski definition) is 0. The predicted octanol–water partition coefficient (Wildman–Crippen LogP) is 4.64. The minimum Gasteiger partial charge on any atom is -0.340 e. The van der Waals surface area contributed by atoms with Crippen LogP contribution < -0.4 is 0 Å². The maximum absolute atomic E-state index is 13.8. The summed E-state index contributed by atoms with van der Waals surface area (Å²) >= 11 is 0. The number of halogens is 1. The van der Waals surface area contributed by atoms with Gasteiger partial charge in [-0.3, -0.25) is 4.79 Å². The minimum absolute atomic E-state index is 0.197. The van der Waals surface area contributed by atoms with Gasteiger partial charge in [0.2, 0.25) is 5.91 Å². The highest BCUT2D eigenvalue weighted by atomic mass is 19.1. The molecule has 2 fully saturated rings. The van der Waals surface area contributed by atoms with Crippen LogP contribution in [-0.4, -0.2) is 28.0 Å². The van der Waals surface area contributed by atoms with E-state index in [0.29, 0.717) is 17.9 Å². The van der Waals surface area contributed by atoms with Crippen LogP contribution >= 0.6 is 0 Å². The fraction of sp³-hybridized carbons (Fsp3) is 0.409. The van der Waals surface area contributed by atoms with Gasteiger partial charge in [-0.05, 0) is 62.9 Å². The van der Waals surface area contributed by atoms with Gasteiger partial charge < -0.3 is 9.47 Å². The topological polar surface area (TPSA) is 25.2 Å². The molecule has 4 heteroatoms. The Kier molecular flexibility index (Phi) is 3.56. The van der Waals surface area contributed by atoms with Crippen molar-refractivity contribution in [3.05, 3.63) is 47.8 Å². The van der Waals surface area contributed by atoms with E-state index in [4.69, 9.17) is 0 Å². The first-order chi connectivity index (χ1) is 12.6. The molecule has 134 valence electrons. The van der Waals surface area contributed by atoms with E-state index in [-0.39, 0.29) is 5.82 Å². The van der Waals surface area contributed by atoms with Gasteiger partial charge in [0.05, 0.1) is 0 Å². The average molecular weight is 350 g/mol. The van der Waals surface area contributed by atoms with Crippen LogP contribution in [-0.2, 0) is 11.3 Å². The zero-order valence-electron chi connectivity index (χ0n) is 15.0. The molecule has 2 aliphatic rings. The number of hydrogen-bond acceptors (Lipinski definition) is 1. The summed E-state index contributed by atoms with van der Waals surface area (Å²) in [6, 6.07) is 11.9. The van der Waals surface area contributed by atoms with E-state index in [1.165, 1.54) is 18.1 Å². The number of amides is 1. The quantitative estimate of drug-likeness (QED) is 0.673. The van der Waals surface area contributed by atoms with Crippen molar-refractivity contribution in [3.8, 4) is 0 Å². The molecule has 0 radical (unpaired) electrons. The maximum atomic E-state index is 13.8. The van der Waals surface area contributed by atoms with Gasteiger partial charge in [0.25, 0.3) is 0 Å². The predicted molar refractivity (Wildman–Crippen MR) is 102 cm³/mol. The van der Waals surface area contributed by atoms with Gasteiger partial charge >= 0.3 is 0 Å². The van der Waals surface area contributed by atoms with Crippen LogP contribution in [0.1, 0.15) is 31.2 Å². The normalized spacial score (nSPS) is 22.2. The van der Waals surface area contributed by atoms with Crippen LogP contribution in [0.5, 0.6) is 0 Å². The molecule has 2 aromatic carbocycles. The monoisotopic (exact) mass is 350 g/mol. The second-order valence-corrected chi connectivity index (χ2v) is 7.88. The second kappa shape index (κ2) is 5.83. The Morgan fingerprint density at radius 1 is 1.04 bits per heavy atom. The molecule has 1 saturated carbocycles. The number of fused-ring (bicyclic) bond motifs is 5. The molecule has 5 rings (SSSR count). The summed E-state index contributed by atoms with van der Waals surface area (Å²) in [6.45, 7) is 3.74. The molecular formula is C22H23FN2O. The summed E-state index contributed by atoms with van der Waals surface area (Å²) in [7, 11) is 0. The molecule has 1 amide bonds. The van der Waals surface area contributed by atoms with Gasteiger partial charge in [-0.25, -0.2) is 4.39 Å². The Morgan fingerprint density at radius 3 is 2.58 bits per heavy atom. The molecule has 1 aromatic heterocycles. The summed E-state index contributed by atoms with van der Waals surface area (Å²) in [5, 5.41) is 2.08. The van der Waals surface area contributed by atoms with Crippen LogP contribution in [0.25, 0.3) is 21.8 Å². The van der Waals surface area contributed by atoms with Crippen molar-refractivity contribution in [2.75, 3.05) is 6.54 Å². The number of carbonyl (C=O) groups excluding carboxylic acids is 1. The lowest BCUT2D eigenvalue weighted by Gasteiger charge is -2.27. The number of likely N-dealkylation sites (tertiary alicyclic amines) is 1. The molecule has 1 aliphatic carbocycles. The summed E-state index contributed by atoms with van der Waals surface area (Å²) in [4.78, 5) is 14.4. The molecule has 3 nitrogen and oxygen atoms in total. The molecule has 2 unspecified atom stereocenters. The molecule has 1 saturated heterocycles. The van der Waals surface area contributed by atoms with Crippen LogP contribution in [0.2, 0.25) is 0 Å². The van der Waals surface area contributed by atoms with E-state index >= 15 is 0 Å². The Bertz CT molecular complexity index is 963. The van der Waals surface area contributed by atoms with Crippen LogP contribution in [0, 0.1) is 18.7 Å². The number of aryl methyl sites for hydroxylation is 2. The first kappa shape index (κ1) is 15.9. The zero-order chi connectivity index (χ0) is 17.8. The smallest absolute Gasteiger partial charge is 0.226 e. The van der Waals surface area contributed by atoms with Crippen molar-refractivity contribution in [1.82, 2.24) is 9.47 Å². The van der Waals surface area contributed by atoms with E-state index in [1.807, 2.05) is 6.07 Å². The van der Waals surface area contributed by atoms with Crippen LogP contribution in [0.4, 0.5) is 4.39 Å². The maximum Gasteiger partial charge on any atom is 0.226 e. The Balaban J connectivity index is 1.45. The first-order valence-corrected chi connectivity index (χ1v) is 9.60. The van der Waals surface area contributed by atoms with Crippen molar-refractivity contribution in [1.29, 1.82) is 0 Å². The molecule has 3 aromatic rings. The summed E-state index contributed by atoms with van der Waals surface area (Å²) in [6.07, 6.45) is 4.24. The molecular weight excluding hydrogens is 327 g/mol. The molecule has 26 heavy (non-hydrogen) atoms. The summed E-state index contributed by atoms with van der Waals surface area (Å²) < 4.78 is 16.1. The first-order valence-electron chi connectivity index (χ1n) is 9.60. The van der Waals surface area contributed by atoms with Crippen LogP contribution in [0.3, 0.4) is 0 Å². The number of carbonyl (C=O) groups is 1. The minimum atomic E-state index is -0.197. The van der Waals surface area contributed by atoms with Crippen molar-refractivity contribution in [2.45, 2.75) is 45.2 Å². The third-order valence-corrected chi connectivity index (χ3v) is 6.24. The molecule has 2 heterocycles. The fourth-order valence-electron chi connectivity index (χ4n) is 5.00. The van der Waals surface area contributed by atoms with Crippen LogP contribution in [0.15, 0.2) is 36.4 Å². The standard InChI is InChI=1S/C22H23FN2O/c1-14-3-7-20-18(11-14)19-13-16(23)5-8-21(19)25(20)10-2-9-24-17-6-4-15(12-17)22(24)26/h3,5,7-8,11,13,15,17H,2,4,6,9-10,12H2,1H3. The number of aromatic nitrogens is 1. The lowest BCUT2D eigenvalue weighted by molar-refractivity contribution is -0.134. The van der Waals surface area contributed by atoms with Gasteiger partial charge in [-0.2, -0.15) is 0 Å². The third kappa shape index (κ3) is 2.35. The lowest BCUT2D eigenvalue weighted by Crippen LogP contribution is -2.37. The van der Waals surface area contributed by atoms with E-state index in [1.54, 1.807) is 6.07 Å². The van der Waals surface area contributed by atoms with E-state index in [0.717, 1.165) is 54.2 Å². The Labute approximate surface area is 152 Å². The fourth-order valence-corrected chi connectivity index (χ4v) is 5.00. The Morgan fingerprint density at radius 2 is 1.81 bits per heavy atom. The lowest BCUT2D eigenvalue weighted by atomic mass is 10.1. The number of rotatable bonds is 4. The highest BCUT2D eigenvalue weighted by Gasteiger charge is 2.43. The van der Waals surface area contributed by atoms with Gasteiger partial charge in [-0.1, -0.05) is 11.6 Å². The largest absolute Gasteiger partial charge is 0.340 e. The van der Waals surface area contributed by atoms with E-state index in [2.05, 4.69) is 34.6 Å². The van der Waals surface area contributed by atoms with Crippen molar-refractivity contribution >= 4 is 27.7 Å². The highest BCUT2D eigenvalue weighted by Crippen LogP contribution is 2.38. The van der Waals surface area contributed by atoms with Gasteiger partial charge in [0, 0.05) is 46.9 Å².